The maximum absolute atomic E-state index is 13.8. The minimum absolute atomic E-state index is 0.00000868. The first-order valence-corrected chi connectivity index (χ1v) is 7.33. The summed E-state index contributed by atoms with van der Waals surface area (Å²) in [6.45, 7) is -0.0158. The molecule has 0 aliphatic rings. The van der Waals surface area contributed by atoms with Gasteiger partial charge in [0.05, 0.1) is 7.11 Å². The van der Waals surface area contributed by atoms with E-state index >= 15 is 0 Å². The van der Waals surface area contributed by atoms with Gasteiger partial charge in [0.2, 0.25) is 0 Å². The lowest BCUT2D eigenvalue weighted by atomic mass is 10.1. The summed E-state index contributed by atoms with van der Waals surface area (Å²) in [4.78, 5) is 27.2. The zero-order chi connectivity index (χ0) is 18.2. The predicted octanol–water partition coefficient (Wildman–Crippen LogP) is 3.02. The van der Waals surface area contributed by atoms with Gasteiger partial charge in [-0.3, -0.25) is 0 Å². The van der Waals surface area contributed by atoms with E-state index in [2.05, 4.69) is 9.73 Å². The number of phenolic OH excluding ortho intramolecular Hbond substituents is 1. The molecule has 6 nitrogen and oxygen atoms in total. The van der Waals surface area contributed by atoms with Crippen LogP contribution in [0.3, 0.4) is 0 Å². The van der Waals surface area contributed by atoms with Crippen molar-refractivity contribution in [2.24, 2.45) is 4.99 Å². The molecule has 0 aromatic heterocycles. The number of ether oxygens (including phenoxy) is 2. The zero-order valence-electron chi connectivity index (χ0n) is 13.4. The number of esters is 1. The molecule has 0 bridgehead atoms. The number of nitrogens with zero attached hydrogens (tertiary/aromatic N) is 1. The number of phenols is 1. The Bertz CT molecular complexity index is 789. The second-order valence-electron chi connectivity index (χ2n) is 5.04. The first-order chi connectivity index (χ1) is 12.0. The molecule has 2 rings (SSSR count). The number of halogens is 1. The highest BCUT2D eigenvalue weighted by atomic mass is 19.1. The number of carbonyl (C=O) groups is 2. The fraction of sp³-hybridized carbons (Fsp3) is 0.167. The minimum Gasteiger partial charge on any atom is -0.508 e. The maximum atomic E-state index is 13.8. The van der Waals surface area contributed by atoms with Crippen LogP contribution in [0.2, 0.25) is 0 Å². The molecular formula is C18H16FNO5. The number of aliphatic imine (C=N–C) groups is 1. The molecular weight excluding hydrogens is 329 g/mol. The lowest BCUT2D eigenvalue weighted by Crippen LogP contribution is -2.21. The summed E-state index contributed by atoms with van der Waals surface area (Å²) in [6, 6.07) is 12.3. The Kier molecular flexibility index (Phi) is 6.22. The van der Waals surface area contributed by atoms with Crippen LogP contribution in [0.1, 0.15) is 11.1 Å². The minimum atomic E-state index is -0.996. The molecule has 0 unspecified atom stereocenters. The number of aromatic hydroxyl groups is 1. The summed E-state index contributed by atoms with van der Waals surface area (Å²) < 4.78 is 23.3. The normalized spacial score (nSPS) is 11.0. The molecule has 0 aliphatic heterocycles. The van der Waals surface area contributed by atoms with Gasteiger partial charge in [0.1, 0.15) is 23.9 Å². The predicted molar refractivity (Wildman–Crippen MR) is 87.8 cm³/mol. The quantitative estimate of drug-likeness (QED) is 0.665. The number of benzene rings is 2. The first-order valence-electron chi connectivity index (χ1n) is 7.33. The molecule has 0 atom stereocenters. The Morgan fingerprint density at radius 1 is 1.16 bits per heavy atom. The molecule has 130 valence electrons. The van der Waals surface area contributed by atoms with Crippen molar-refractivity contribution in [3.05, 3.63) is 65.5 Å². The number of rotatable bonds is 5. The largest absolute Gasteiger partial charge is 0.508 e. The fourth-order valence-corrected chi connectivity index (χ4v) is 2.01. The number of amides is 1. The third kappa shape index (κ3) is 5.42. The van der Waals surface area contributed by atoms with Gasteiger partial charge >= 0.3 is 12.1 Å². The smallest absolute Gasteiger partial charge is 0.434 e. The van der Waals surface area contributed by atoms with Crippen molar-refractivity contribution in [3.8, 4) is 5.75 Å². The van der Waals surface area contributed by atoms with Crippen LogP contribution < -0.4 is 0 Å². The maximum Gasteiger partial charge on any atom is 0.434 e. The Morgan fingerprint density at radius 2 is 1.88 bits per heavy atom. The monoisotopic (exact) mass is 345 g/mol. The molecule has 0 fully saturated rings. The first kappa shape index (κ1) is 18.1. The van der Waals surface area contributed by atoms with Gasteiger partial charge in [-0.1, -0.05) is 30.3 Å². The molecule has 0 spiro atoms. The van der Waals surface area contributed by atoms with Gasteiger partial charge in [-0.15, -0.1) is 0 Å². The lowest BCUT2D eigenvalue weighted by Gasteiger charge is -2.07. The van der Waals surface area contributed by atoms with Crippen LogP contribution in [0.25, 0.3) is 0 Å². The van der Waals surface area contributed by atoms with Gasteiger partial charge in [0.25, 0.3) is 0 Å². The van der Waals surface area contributed by atoms with Crippen molar-refractivity contribution in [1.82, 2.24) is 0 Å². The third-order valence-corrected chi connectivity index (χ3v) is 3.24. The average Bonchev–Trinajstić information content (AvgIpc) is 2.62. The standard InChI is InChI=1S/C18H16FNO5/c1-24-17(22)16(10-13-9-14(21)7-8-15(13)19)20-18(23)25-11-12-5-3-2-4-6-12/h2-9,21H,10-11H2,1H3. The SMILES string of the molecule is COC(=O)C(Cc1cc(O)ccc1F)=NC(=O)OCc1ccccc1. The van der Waals surface area contributed by atoms with E-state index < -0.39 is 17.9 Å². The van der Waals surface area contributed by atoms with E-state index in [1.165, 1.54) is 6.07 Å². The summed E-state index contributed by atoms with van der Waals surface area (Å²) in [5.41, 5.74) is 0.426. The van der Waals surface area contributed by atoms with Crippen molar-refractivity contribution < 1.29 is 28.6 Å². The summed E-state index contributed by atoms with van der Waals surface area (Å²) in [6.07, 6.45) is -1.32. The molecule has 7 heteroatoms. The van der Waals surface area contributed by atoms with Crippen LogP contribution in [-0.2, 0) is 27.3 Å². The van der Waals surface area contributed by atoms with Crippen LogP contribution in [-0.4, -0.2) is 30.0 Å². The van der Waals surface area contributed by atoms with Crippen LogP contribution in [0.15, 0.2) is 53.5 Å². The van der Waals surface area contributed by atoms with E-state index in [9.17, 15) is 19.1 Å². The summed E-state index contributed by atoms with van der Waals surface area (Å²) in [7, 11) is 1.12. The van der Waals surface area contributed by atoms with Crippen molar-refractivity contribution >= 4 is 17.8 Å². The summed E-state index contributed by atoms with van der Waals surface area (Å²) >= 11 is 0. The van der Waals surface area contributed by atoms with Crippen LogP contribution in [0, 0.1) is 5.82 Å². The van der Waals surface area contributed by atoms with Gasteiger partial charge in [0, 0.05) is 6.42 Å². The van der Waals surface area contributed by atoms with Crippen molar-refractivity contribution in [3.63, 3.8) is 0 Å². The van der Waals surface area contributed by atoms with Crippen LogP contribution >= 0.6 is 0 Å². The second kappa shape index (κ2) is 8.58. The second-order valence-corrected chi connectivity index (χ2v) is 5.04. The summed E-state index contributed by atoms with van der Waals surface area (Å²) in [5, 5.41) is 9.42. The third-order valence-electron chi connectivity index (χ3n) is 3.24. The van der Waals surface area contributed by atoms with Crippen molar-refractivity contribution in [1.29, 1.82) is 0 Å². The Hall–Kier alpha value is -3.22. The molecule has 1 amide bonds. The van der Waals surface area contributed by atoms with E-state index in [1.54, 1.807) is 24.3 Å². The Labute approximate surface area is 143 Å². The van der Waals surface area contributed by atoms with E-state index in [0.29, 0.717) is 0 Å². The van der Waals surface area contributed by atoms with E-state index in [1.807, 2.05) is 6.07 Å². The molecule has 1 N–H and O–H groups in total. The molecule has 0 radical (unpaired) electrons. The van der Waals surface area contributed by atoms with Crippen LogP contribution in [0.5, 0.6) is 5.75 Å². The van der Waals surface area contributed by atoms with E-state index in [-0.39, 0.29) is 30.1 Å². The Morgan fingerprint density at radius 3 is 2.56 bits per heavy atom. The van der Waals surface area contributed by atoms with Gasteiger partial charge in [-0.2, -0.15) is 4.99 Å². The molecule has 0 heterocycles. The summed E-state index contributed by atoms with van der Waals surface area (Å²) in [5.74, 6) is -1.71. The number of carbonyl (C=O) groups excluding carboxylic acids is 2. The highest BCUT2D eigenvalue weighted by molar-refractivity contribution is 6.38. The zero-order valence-corrected chi connectivity index (χ0v) is 13.4. The molecule has 0 saturated heterocycles. The molecule has 2 aromatic carbocycles. The van der Waals surface area contributed by atoms with Crippen molar-refractivity contribution in [2.75, 3.05) is 7.11 Å². The lowest BCUT2D eigenvalue weighted by molar-refractivity contribution is -0.132. The fourth-order valence-electron chi connectivity index (χ4n) is 2.01. The van der Waals surface area contributed by atoms with E-state index in [4.69, 9.17) is 4.74 Å². The highest BCUT2D eigenvalue weighted by Crippen LogP contribution is 2.16. The van der Waals surface area contributed by atoms with E-state index in [0.717, 1.165) is 24.8 Å². The molecule has 25 heavy (non-hydrogen) atoms. The molecule has 0 saturated carbocycles. The topological polar surface area (TPSA) is 85.2 Å². The average molecular weight is 345 g/mol. The van der Waals surface area contributed by atoms with Gasteiger partial charge in [0.15, 0.2) is 0 Å². The Balaban J connectivity index is 2.13. The number of methoxy groups -OCH3 is 1. The number of hydrogen-bond acceptors (Lipinski definition) is 5. The van der Waals surface area contributed by atoms with Gasteiger partial charge in [-0.05, 0) is 29.3 Å². The van der Waals surface area contributed by atoms with Gasteiger partial charge < -0.3 is 14.6 Å². The number of hydrogen-bond donors (Lipinski definition) is 1. The molecule has 2 aromatic rings. The van der Waals surface area contributed by atoms with Crippen LogP contribution in [0.4, 0.5) is 9.18 Å². The van der Waals surface area contributed by atoms with Crippen molar-refractivity contribution in [2.45, 2.75) is 13.0 Å². The highest BCUT2D eigenvalue weighted by Gasteiger charge is 2.18. The van der Waals surface area contributed by atoms with Gasteiger partial charge in [-0.25, -0.2) is 14.0 Å². The molecule has 0 aliphatic carbocycles.